The van der Waals surface area contributed by atoms with Crippen molar-refractivity contribution >= 4 is 24.2 Å². The average Bonchev–Trinajstić information content (AvgIpc) is 2.84. The van der Waals surface area contributed by atoms with Crippen molar-refractivity contribution in [2.45, 2.75) is 12.5 Å². The fourth-order valence-electron chi connectivity index (χ4n) is 3.33. The Labute approximate surface area is 141 Å². The van der Waals surface area contributed by atoms with E-state index in [4.69, 9.17) is 0 Å². The molecule has 126 valence electrons. The summed E-state index contributed by atoms with van der Waals surface area (Å²) in [5.74, 6) is -0.724. The molecule has 23 heavy (non-hydrogen) atoms. The van der Waals surface area contributed by atoms with Gasteiger partial charge in [0.2, 0.25) is 11.8 Å². The molecule has 5 nitrogen and oxygen atoms in total. The van der Waals surface area contributed by atoms with Crippen molar-refractivity contribution in [1.29, 1.82) is 0 Å². The van der Waals surface area contributed by atoms with Crippen LogP contribution in [0.2, 0.25) is 0 Å². The van der Waals surface area contributed by atoms with E-state index in [1.165, 1.54) is 12.1 Å². The second-order valence-corrected chi connectivity index (χ2v) is 5.89. The summed E-state index contributed by atoms with van der Waals surface area (Å²) in [7, 11) is 1.71. The van der Waals surface area contributed by atoms with Gasteiger partial charge in [-0.05, 0) is 17.7 Å². The van der Waals surface area contributed by atoms with E-state index >= 15 is 0 Å². The molecule has 0 aromatic heterocycles. The van der Waals surface area contributed by atoms with E-state index < -0.39 is 0 Å². The SMILES string of the molecule is CN1C(=O)CC(C(=O)N2CCNCC2)C1c1ccc(F)cc1.Cl. The Morgan fingerprint density at radius 1 is 1.22 bits per heavy atom. The van der Waals surface area contributed by atoms with Crippen molar-refractivity contribution in [2.75, 3.05) is 33.2 Å². The van der Waals surface area contributed by atoms with Crippen LogP contribution in [0.15, 0.2) is 24.3 Å². The Hall–Kier alpha value is -1.66. The quantitative estimate of drug-likeness (QED) is 0.879. The van der Waals surface area contributed by atoms with Gasteiger partial charge in [-0.3, -0.25) is 9.59 Å². The highest BCUT2D eigenvalue weighted by molar-refractivity contribution is 5.90. The number of halogens is 2. The lowest BCUT2D eigenvalue weighted by molar-refractivity contribution is -0.137. The normalized spacial score (nSPS) is 24.5. The molecule has 2 heterocycles. The van der Waals surface area contributed by atoms with Crippen LogP contribution in [0.4, 0.5) is 4.39 Å². The molecule has 0 saturated carbocycles. The van der Waals surface area contributed by atoms with Gasteiger partial charge in [0.25, 0.3) is 0 Å². The molecular formula is C16H21ClFN3O2. The minimum atomic E-state index is -0.388. The first-order chi connectivity index (χ1) is 10.6. The number of carbonyl (C=O) groups excluding carboxylic acids is 2. The van der Waals surface area contributed by atoms with Gasteiger partial charge in [0.1, 0.15) is 5.82 Å². The van der Waals surface area contributed by atoms with Gasteiger partial charge in [0.05, 0.1) is 12.0 Å². The van der Waals surface area contributed by atoms with Crippen molar-refractivity contribution in [3.63, 3.8) is 0 Å². The maximum atomic E-state index is 13.1. The molecule has 0 bridgehead atoms. The van der Waals surface area contributed by atoms with Crippen LogP contribution in [0.3, 0.4) is 0 Å². The molecule has 1 aromatic rings. The van der Waals surface area contributed by atoms with Gasteiger partial charge in [-0.15, -0.1) is 12.4 Å². The van der Waals surface area contributed by atoms with E-state index in [9.17, 15) is 14.0 Å². The van der Waals surface area contributed by atoms with Crippen molar-refractivity contribution < 1.29 is 14.0 Å². The van der Waals surface area contributed by atoms with Gasteiger partial charge in [0.15, 0.2) is 0 Å². The largest absolute Gasteiger partial charge is 0.340 e. The first-order valence-electron chi connectivity index (χ1n) is 7.58. The molecule has 0 spiro atoms. The molecule has 0 radical (unpaired) electrons. The van der Waals surface area contributed by atoms with Crippen molar-refractivity contribution in [3.05, 3.63) is 35.6 Å². The van der Waals surface area contributed by atoms with Gasteiger partial charge in [-0.2, -0.15) is 0 Å². The molecule has 2 unspecified atom stereocenters. The fraction of sp³-hybridized carbons (Fsp3) is 0.500. The second kappa shape index (κ2) is 7.27. The van der Waals surface area contributed by atoms with E-state index in [-0.39, 0.29) is 48.4 Å². The maximum absolute atomic E-state index is 13.1. The van der Waals surface area contributed by atoms with Crippen LogP contribution in [0.25, 0.3) is 0 Å². The average molecular weight is 342 g/mol. The molecule has 2 fully saturated rings. The number of nitrogens with one attached hydrogen (secondary N) is 1. The van der Waals surface area contributed by atoms with Gasteiger partial charge in [-0.1, -0.05) is 12.1 Å². The van der Waals surface area contributed by atoms with Crippen LogP contribution in [0.5, 0.6) is 0 Å². The Morgan fingerprint density at radius 3 is 2.43 bits per heavy atom. The first-order valence-corrected chi connectivity index (χ1v) is 7.58. The highest BCUT2D eigenvalue weighted by atomic mass is 35.5. The molecule has 2 amide bonds. The third-order valence-corrected chi connectivity index (χ3v) is 4.54. The number of likely N-dealkylation sites (tertiary alicyclic amines) is 1. The third kappa shape index (κ3) is 3.48. The zero-order chi connectivity index (χ0) is 15.7. The summed E-state index contributed by atoms with van der Waals surface area (Å²) in [6.45, 7) is 2.90. The number of nitrogens with zero attached hydrogens (tertiary/aromatic N) is 2. The fourth-order valence-corrected chi connectivity index (χ4v) is 3.33. The minimum absolute atomic E-state index is 0. The molecule has 2 aliphatic rings. The van der Waals surface area contributed by atoms with Gasteiger partial charge in [0, 0.05) is 39.6 Å². The summed E-state index contributed by atoms with van der Waals surface area (Å²) in [5.41, 5.74) is 0.809. The zero-order valence-corrected chi connectivity index (χ0v) is 13.8. The number of hydrogen-bond donors (Lipinski definition) is 1. The maximum Gasteiger partial charge on any atom is 0.228 e. The van der Waals surface area contributed by atoms with Crippen molar-refractivity contribution in [2.24, 2.45) is 5.92 Å². The van der Waals surface area contributed by atoms with Crippen LogP contribution in [0.1, 0.15) is 18.0 Å². The van der Waals surface area contributed by atoms with E-state index in [1.807, 2.05) is 4.90 Å². The monoisotopic (exact) mass is 341 g/mol. The van der Waals surface area contributed by atoms with Crippen LogP contribution >= 0.6 is 12.4 Å². The summed E-state index contributed by atoms with van der Waals surface area (Å²) in [5, 5.41) is 3.21. The predicted molar refractivity (Wildman–Crippen MR) is 86.7 cm³/mol. The molecule has 2 atom stereocenters. The van der Waals surface area contributed by atoms with Crippen LogP contribution in [0, 0.1) is 11.7 Å². The standard InChI is InChI=1S/C16H20FN3O2.ClH/c1-19-14(21)10-13(16(22)20-8-6-18-7-9-20)15(19)11-2-4-12(17)5-3-11;/h2-5,13,15,18H,6-10H2,1H3;1H. The van der Waals surface area contributed by atoms with Gasteiger partial charge >= 0.3 is 0 Å². The number of rotatable bonds is 2. The summed E-state index contributed by atoms with van der Waals surface area (Å²) in [6, 6.07) is 5.76. The number of carbonyl (C=O) groups is 2. The Kier molecular flexibility index (Phi) is 5.59. The molecule has 2 saturated heterocycles. The lowest BCUT2D eigenvalue weighted by Crippen LogP contribution is -2.49. The summed E-state index contributed by atoms with van der Waals surface area (Å²) < 4.78 is 13.1. The molecular weight excluding hydrogens is 321 g/mol. The summed E-state index contributed by atoms with van der Waals surface area (Å²) >= 11 is 0. The molecule has 2 aliphatic heterocycles. The van der Waals surface area contributed by atoms with E-state index in [0.717, 1.165) is 18.7 Å². The number of amides is 2. The predicted octanol–water partition coefficient (Wildman–Crippen LogP) is 1.20. The molecule has 0 aliphatic carbocycles. The Morgan fingerprint density at radius 2 is 1.83 bits per heavy atom. The van der Waals surface area contributed by atoms with Crippen LogP contribution < -0.4 is 5.32 Å². The second-order valence-electron chi connectivity index (χ2n) is 5.89. The Balaban J connectivity index is 0.00000192. The summed E-state index contributed by atoms with van der Waals surface area (Å²) in [6.07, 6.45) is 0.224. The number of piperazine rings is 1. The lowest BCUT2D eigenvalue weighted by atomic mass is 9.92. The number of hydrogen-bond acceptors (Lipinski definition) is 3. The molecule has 1 aromatic carbocycles. The molecule has 1 N–H and O–H groups in total. The van der Waals surface area contributed by atoms with E-state index in [0.29, 0.717) is 13.1 Å². The minimum Gasteiger partial charge on any atom is -0.340 e. The van der Waals surface area contributed by atoms with E-state index in [2.05, 4.69) is 5.32 Å². The lowest BCUT2D eigenvalue weighted by Gasteiger charge is -2.32. The van der Waals surface area contributed by atoms with Crippen LogP contribution in [-0.2, 0) is 9.59 Å². The van der Waals surface area contributed by atoms with Crippen molar-refractivity contribution in [3.8, 4) is 0 Å². The highest BCUT2D eigenvalue weighted by Gasteiger charge is 2.44. The smallest absolute Gasteiger partial charge is 0.228 e. The van der Waals surface area contributed by atoms with Crippen molar-refractivity contribution in [1.82, 2.24) is 15.1 Å². The first kappa shape index (κ1) is 17.7. The van der Waals surface area contributed by atoms with Gasteiger partial charge < -0.3 is 15.1 Å². The highest BCUT2D eigenvalue weighted by Crippen LogP contribution is 2.38. The van der Waals surface area contributed by atoms with Crippen LogP contribution in [-0.4, -0.2) is 54.8 Å². The van der Waals surface area contributed by atoms with Gasteiger partial charge in [-0.25, -0.2) is 4.39 Å². The number of benzene rings is 1. The third-order valence-electron chi connectivity index (χ3n) is 4.54. The summed E-state index contributed by atoms with van der Waals surface area (Å²) in [4.78, 5) is 28.3. The molecule has 3 rings (SSSR count). The zero-order valence-electron chi connectivity index (χ0n) is 13.0. The Bertz CT molecular complexity index is 575. The molecule has 7 heteroatoms. The topological polar surface area (TPSA) is 52.7 Å². The van der Waals surface area contributed by atoms with E-state index in [1.54, 1.807) is 24.1 Å².